The van der Waals surface area contributed by atoms with Gasteiger partial charge in [0.15, 0.2) is 0 Å². The van der Waals surface area contributed by atoms with Crippen LogP contribution >= 0.6 is 0 Å². The Morgan fingerprint density at radius 3 is 1.89 bits per heavy atom. The molecule has 0 spiro atoms. The molecule has 1 rings (SSSR count). The van der Waals surface area contributed by atoms with E-state index in [1.54, 1.807) is 0 Å². The number of nitriles is 2. The molecule has 0 aliphatic carbocycles. The third-order valence-corrected chi connectivity index (χ3v) is 2.19. The molecule has 2 nitrogen and oxygen atoms in total. The summed E-state index contributed by atoms with van der Waals surface area (Å²) in [5.74, 6) is 0. The summed E-state index contributed by atoms with van der Waals surface area (Å²) in [6, 6.07) is 3.48. The molecule has 0 amide bonds. The maximum Gasteiger partial charge on any atom is 0.418 e. The highest BCUT2D eigenvalue weighted by Crippen LogP contribution is 2.42. The highest BCUT2D eigenvalue weighted by atomic mass is 19.4. The van der Waals surface area contributed by atoms with E-state index in [-0.39, 0.29) is 11.6 Å². The Hall–Kier alpha value is -2.22. The molecular weight excluding hydrogens is 274 g/mol. The zero-order valence-corrected chi connectivity index (χ0v) is 9.02. The fourth-order valence-corrected chi connectivity index (χ4v) is 1.51. The van der Waals surface area contributed by atoms with E-state index in [9.17, 15) is 26.3 Å². The Bertz CT molecular complexity index is 571. The number of rotatable bonds is 1. The number of benzene rings is 1. The summed E-state index contributed by atoms with van der Waals surface area (Å²) >= 11 is 0. The van der Waals surface area contributed by atoms with Gasteiger partial charge in [0.1, 0.15) is 0 Å². The van der Waals surface area contributed by atoms with Crippen LogP contribution in [0, 0.1) is 22.7 Å². The van der Waals surface area contributed by atoms with Crippen molar-refractivity contribution in [2.45, 2.75) is 18.8 Å². The molecule has 19 heavy (non-hydrogen) atoms. The summed E-state index contributed by atoms with van der Waals surface area (Å²) in [7, 11) is 0. The Morgan fingerprint density at radius 2 is 1.53 bits per heavy atom. The van der Waals surface area contributed by atoms with Crippen LogP contribution in [0.3, 0.4) is 0 Å². The minimum Gasteiger partial charge on any atom is -0.198 e. The Labute approximate surface area is 103 Å². The van der Waals surface area contributed by atoms with E-state index >= 15 is 0 Å². The molecule has 0 heterocycles. The first kappa shape index (κ1) is 14.8. The molecule has 1 aromatic rings. The van der Waals surface area contributed by atoms with Gasteiger partial charge in [0.05, 0.1) is 35.2 Å². The Kier molecular flexibility index (Phi) is 3.75. The van der Waals surface area contributed by atoms with E-state index < -0.39 is 35.5 Å². The minimum atomic E-state index is -5.30. The van der Waals surface area contributed by atoms with Crippen molar-refractivity contribution < 1.29 is 26.3 Å². The molecule has 0 bridgehead atoms. The zero-order valence-electron chi connectivity index (χ0n) is 9.02. The molecular formula is C11H4F6N2. The lowest BCUT2D eigenvalue weighted by Gasteiger charge is -2.17. The molecule has 100 valence electrons. The van der Waals surface area contributed by atoms with Crippen LogP contribution in [0.15, 0.2) is 12.1 Å². The average molecular weight is 278 g/mol. The van der Waals surface area contributed by atoms with Gasteiger partial charge in [-0.3, -0.25) is 0 Å². The van der Waals surface area contributed by atoms with Crippen molar-refractivity contribution in [1.29, 1.82) is 10.5 Å². The lowest BCUT2D eigenvalue weighted by Crippen LogP contribution is -2.19. The topological polar surface area (TPSA) is 47.6 Å². The molecule has 0 unspecified atom stereocenters. The second-order valence-electron chi connectivity index (χ2n) is 3.51. The van der Waals surface area contributed by atoms with Crippen LogP contribution in [-0.4, -0.2) is 0 Å². The molecule has 0 aliphatic rings. The predicted molar refractivity (Wildman–Crippen MR) is 50.5 cm³/mol. The summed E-state index contributed by atoms with van der Waals surface area (Å²) in [6.45, 7) is 0. The van der Waals surface area contributed by atoms with Gasteiger partial charge in [-0.05, 0) is 17.7 Å². The molecule has 0 radical (unpaired) electrons. The van der Waals surface area contributed by atoms with E-state index in [4.69, 9.17) is 10.5 Å². The summed E-state index contributed by atoms with van der Waals surface area (Å²) in [5.41, 5.74) is -5.42. The molecule has 0 aliphatic heterocycles. The lowest BCUT2D eigenvalue weighted by molar-refractivity contribution is -0.162. The quantitative estimate of drug-likeness (QED) is 0.736. The van der Waals surface area contributed by atoms with Crippen molar-refractivity contribution in [3.63, 3.8) is 0 Å². The number of nitrogens with zero attached hydrogens (tertiary/aromatic N) is 2. The number of hydrogen-bond acceptors (Lipinski definition) is 2. The summed E-state index contributed by atoms with van der Waals surface area (Å²) in [5, 5.41) is 16.9. The van der Waals surface area contributed by atoms with Gasteiger partial charge < -0.3 is 0 Å². The van der Waals surface area contributed by atoms with E-state index in [1.807, 2.05) is 0 Å². The molecule has 1 aromatic carbocycles. The monoisotopic (exact) mass is 278 g/mol. The molecule has 0 saturated heterocycles. The first-order valence-corrected chi connectivity index (χ1v) is 4.69. The average Bonchev–Trinajstić information content (AvgIpc) is 2.25. The van der Waals surface area contributed by atoms with Crippen LogP contribution < -0.4 is 0 Å². The largest absolute Gasteiger partial charge is 0.418 e. The molecule has 0 saturated carbocycles. The predicted octanol–water partition coefficient (Wildman–Crippen LogP) is 3.66. The van der Waals surface area contributed by atoms with Gasteiger partial charge in [-0.15, -0.1) is 0 Å². The second kappa shape index (κ2) is 4.81. The van der Waals surface area contributed by atoms with Gasteiger partial charge in [0, 0.05) is 0 Å². The van der Waals surface area contributed by atoms with Crippen molar-refractivity contribution in [2.24, 2.45) is 0 Å². The fourth-order valence-electron chi connectivity index (χ4n) is 1.51. The molecule has 0 aromatic heterocycles. The Balaban J connectivity index is 3.71. The van der Waals surface area contributed by atoms with Gasteiger partial charge in [0.2, 0.25) is 0 Å². The van der Waals surface area contributed by atoms with Crippen LogP contribution in [0.4, 0.5) is 26.3 Å². The van der Waals surface area contributed by atoms with E-state index in [0.717, 1.165) is 6.07 Å². The second-order valence-corrected chi connectivity index (χ2v) is 3.51. The molecule has 0 fully saturated rings. The lowest BCUT2D eigenvalue weighted by atomic mass is 9.96. The SMILES string of the molecule is N#CCc1cc(C#N)c(C(F)(F)F)c(C(F)(F)F)c1. The summed E-state index contributed by atoms with van der Waals surface area (Å²) < 4.78 is 75.8. The Morgan fingerprint density at radius 1 is 0.947 bits per heavy atom. The third-order valence-electron chi connectivity index (χ3n) is 2.19. The van der Waals surface area contributed by atoms with Crippen molar-refractivity contribution in [3.8, 4) is 12.1 Å². The zero-order chi connectivity index (χ0) is 14.8. The summed E-state index contributed by atoms with van der Waals surface area (Å²) in [6.07, 6.45) is -11.1. The van der Waals surface area contributed by atoms with Gasteiger partial charge in [-0.25, -0.2) is 0 Å². The van der Waals surface area contributed by atoms with Crippen LogP contribution in [0.2, 0.25) is 0 Å². The highest BCUT2D eigenvalue weighted by molar-refractivity contribution is 5.49. The standard InChI is InChI=1S/C11H4F6N2/c12-10(13,14)8-4-6(1-2-18)3-7(5-19)9(8)11(15,16)17/h3-4H,1H2. The van der Waals surface area contributed by atoms with Gasteiger partial charge in [0.25, 0.3) is 0 Å². The third kappa shape index (κ3) is 3.16. The summed E-state index contributed by atoms with van der Waals surface area (Å²) in [4.78, 5) is 0. The maximum atomic E-state index is 12.6. The van der Waals surface area contributed by atoms with Gasteiger partial charge >= 0.3 is 12.4 Å². The van der Waals surface area contributed by atoms with Crippen LogP contribution in [0.1, 0.15) is 22.3 Å². The molecule has 0 atom stereocenters. The maximum absolute atomic E-state index is 12.6. The molecule has 8 heteroatoms. The first-order chi connectivity index (χ1) is 8.61. The fraction of sp³-hybridized carbons (Fsp3) is 0.273. The van der Waals surface area contributed by atoms with Crippen molar-refractivity contribution >= 4 is 0 Å². The normalized spacial score (nSPS) is 11.8. The van der Waals surface area contributed by atoms with Crippen molar-refractivity contribution in [2.75, 3.05) is 0 Å². The number of halogens is 6. The van der Waals surface area contributed by atoms with Gasteiger partial charge in [-0.1, -0.05) is 0 Å². The molecule has 0 N–H and O–H groups in total. The van der Waals surface area contributed by atoms with Gasteiger partial charge in [-0.2, -0.15) is 36.9 Å². The minimum absolute atomic E-state index is 0.243. The van der Waals surface area contributed by atoms with E-state index in [2.05, 4.69) is 0 Å². The van der Waals surface area contributed by atoms with Crippen LogP contribution in [0.5, 0.6) is 0 Å². The van der Waals surface area contributed by atoms with E-state index in [0.29, 0.717) is 6.07 Å². The van der Waals surface area contributed by atoms with Crippen molar-refractivity contribution in [3.05, 3.63) is 34.4 Å². The van der Waals surface area contributed by atoms with Crippen molar-refractivity contribution in [1.82, 2.24) is 0 Å². The number of hydrogen-bond donors (Lipinski definition) is 0. The van der Waals surface area contributed by atoms with Crippen LogP contribution in [0.25, 0.3) is 0 Å². The first-order valence-electron chi connectivity index (χ1n) is 4.69. The van der Waals surface area contributed by atoms with Crippen LogP contribution in [-0.2, 0) is 18.8 Å². The number of alkyl halides is 6. The van der Waals surface area contributed by atoms with E-state index in [1.165, 1.54) is 6.07 Å². The highest BCUT2D eigenvalue weighted by Gasteiger charge is 2.45. The smallest absolute Gasteiger partial charge is 0.198 e.